The monoisotopic (exact) mass is 329 g/mol. The molecule has 2 aromatic carbocycles. The Morgan fingerprint density at radius 3 is 2.71 bits per heavy atom. The van der Waals surface area contributed by atoms with Gasteiger partial charge in [0.2, 0.25) is 0 Å². The molecule has 1 fully saturated rings. The average molecular weight is 329 g/mol. The van der Waals surface area contributed by atoms with Crippen molar-refractivity contribution in [2.45, 2.75) is 43.9 Å². The quantitative estimate of drug-likeness (QED) is 0.854. The molecule has 2 N–H and O–H groups in total. The number of nitrogens with one attached hydrogen (secondary N) is 1. The standard InChI is InChI=1S/C20H24FNO2/c21-16-7-4-6-15(14-16)12-13-22-18-10-5-11-19(20(18)23)24-17-8-2-1-3-9-17/h1-4,6-9,14,18-20,22-23H,5,10-13H2/t18-,19+,20+/m0/s1. The van der Waals surface area contributed by atoms with E-state index in [1.165, 1.54) is 6.07 Å². The summed E-state index contributed by atoms with van der Waals surface area (Å²) in [4.78, 5) is 0. The van der Waals surface area contributed by atoms with E-state index in [0.29, 0.717) is 6.54 Å². The van der Waals surface area contributed by atoms with Crippen molar-refractivity contribution < 1.29 is 14.2 Å². The molecule has 1 aliphatic rings. The largest absolute Gasteiger partial charge is 0.488 e. The lowest BCUT2D eigenvalue weighted by atomic mass is 9.89. The minimum Gasteiger partial charge on any atom is -0.488 e. The fourth-order valence-electron chi connectivity index (χ4n) is 3.26. The molecule has 0 spiro atoms. The molecular formula is C20H24FNO2. The van der Waals surface area contributed by atoms with Gasteiger partial charge in [-0.1, -0.05) is 30.3 Å². The highest BCUT2D eigenvalue weighted by Crippen LogP contribution is 2.24. The smallest absolute Gasteiger partial charge is 0.126 e. The first-order valence-electron chi connectivity index (χ1n) is 8.60. The maximum atomic E-state index is 13.2. The van der Waals surface area contributed by atoms with E-state index in [9.17, 15) is 9.50 Å². The van der Waals surface area contributed by atoms with Crippen molar-refractivity contribution in [3.8, 4) is 5.75 Å². The van der Waals surface area contributed by atoms with Gasteiger partial charge >= 0.3 is 0 Å². The predicted molar refractivity (Wildman–Crippen MR) is 92.6 cm³/mol. The zero-order chi connectivity index (χ0) is 16.8. The van der Waals surface area contributed by atoms with Crippen LogP contribution >= 0.6 is 0 Å². The molecule has 0 aliphatic heterocycles. The molecule has 2 aromatic rings. The summed E-state index contributed by atoms with van der Waals surface area (Å²) in [6.45, 7) is 0.712. The van der Waals surface area contributed by atoms with Crippen LogP contribution in [0.3, 0.4) is 0 Å². The Morgan fingerprint density at radius 2 is 1.92 bits per heavy atom. The van der Waals surface area contributed by atoms with E-state index in [2.05, 4.69) is 5.32 Å². The van der Waals surface area contributed by atoms with Crippen LogP contribution in [0.1, 0.15) is 24.8 Å². The molecule has 0 heterocycles. The third-order valence-corrected chi connectivity index (χ3v) is 4.54. The van der Waals surface area contributed by atoms with E-state index in [4.69, 9.17) is 4.74 Å². The first-order valence-corrected chi connectivity index (χ1v) is 8.60. The fraction of sp³-hybridized carbons (Fsp3) is 0.400. The Morgan fingerprint density at radius 1 is 1.08 bits per heavy atom. The molecule has 0 bridgehead atoms. The lowest BCUT2D eigenvalue weighted by Gasteiger charge is -2.35. The summed E-state index contributed by atoms with van der Waals surface area (Å²) >= 11 is 0. The van der Waals surface area contributed by atoms with Crippen LogP contribution in [-0.2, 0) is 6.42 Å². The molecule has 3 atom stereocenters. The van der Waals surface area contributed by atoms with Gasteiger partial charge in [0.05, 0.1) is 0 Å². The molecule has 3 rings (SSSR count). The van der Waals surface area contributed by atoms with Crippen LogP contribution in [0.5, 0.6) is 5.75 Å². The summed E-state index contributed by atoms with van der Waals surface area (Å²) in [6.07, 6.45) is 2.83. The van der Waals surface area contributed by atoms with Gasteiger partial charge in [-0.25, -0.2) is 4.39 Å². The molecule has 1 saturated carbocycles. The summed E-state index contributed by atoms with van der Waals surface area (Å²) < 4.78 is 19.1. The minimum atomic E-state index is -0.536. The molecule has 0 saturated heterocycles. The van der Waals surface area contributed by atoms with Gasteiger partial charge in [0.15, 0.2) is 0 Å². The van der Waals surface area contributed by atoms with Gasteiger partial charge in [0.1, 0.15) is 23.8 Å². The van der Waals surface area contributed by atoms with Gasteiger partial charge in [0.25, 0.3) is 0 Å². The first kappa shape index (κ1) is 16.9. The Labute approximate surface area is 142 Å². The van der Waals surface area contributed by atoms with Gasteiger partial charge in [-0.2, -0.15) is 0 Å². The van der Waals surface area contributed by atoms with Crippen molar-refractivity contribution in [2.75, 3.05) is 6.54 Å². The van der Waals surface area contributed by atoms with Gasteiger partial charge in [-0.15, -0.1) is 0 Å². The van der Waals surface area contributed by atoms with Crippen LogP contribution in [0, 0.1) is 5.82 Å². The second-order valence-electron chi connectivity index (χ2n) is 6.33. The summed E-state index contributed by atoms with van der Waals surface area (Å²) in [5.41, 5.74) is 0.963. The van der Waals surface area contributed by atoms with Crippen molar-refractivity contribution in [1.29, 1.82) is 0 Å². The Bertz CT molecular complexity index is 635. The number of aliphatic hydroxyl groups is 1. The average Bonchev–Trinajstić information content (AvgIpc) is 2.59. The molecule has 0 radical (unpaired) electrons. The van der Waals surface area contributed by atoms with Gasteiger partial charge in [-0.3, -0.25) is 0 Å². The Kier molecular flexibility index (Phi) is 5.83. The summed E-state index contributed by atoms with van der Waals surface area (Å²) in [7, 11) is 0. The number of aliphatic hydroxyl groups excluding tert-OH is 1. The highest BCUT2D eigenvalue weighted by molar-refractivity contribution is 5.21. The normalized spacial score (nSPS) is 23.8. The van der Waals surface area contributed by atoms with Crippen molar-refractivity contribution in [3.63, 3.8) is 0 Å². The summed E-state index contributed by atoms with van der Waals surface area (Å²) in [6, 6.07) is 16.3. The molecule has 128 valence electrons. The van der Waals surface area contributed by atoms with Crippen LogP contribution in [0.25, 0.3) is 0 Å². The molecular weight excluding hydrogens is 305 g/mol. The number of hydrogen-bond acceptors (Lipinski definition) is 3. The van der Waals surface area contributed by atoms with E-state index < -0.39 is 6.10 Å². The first-order chi connectivity index (χ1) is 11.7. The van der Waals surface area contributed by atoms with E-state index >= 15 is 0 Å². The van der Waals surface area contributed by atoms with Gasteiger partial charge < -0.3 is 15.2 Å². The number of benzene rings is 2. The summed E-state index contributed by atoms with van der Waals surface area (Å²) in [5.74, 6) is 0.587. The molecule has 1 aliphatic carbocycles. The Balaban J connectivity index is 1.50. The molecule has 0 amide bonds. The van der Waals surface area contributed by atoms with E-state index in [-0.39, 0.29) is 18.0 Å². The molecule has 4 heteroatoms. The maximum Gasteiger partial charge on any atom is 0.126 e. The van der Waals surface area contributed by atoms with Crippen LogP contribution < -0.4 is 10.1 Å². The van der Waals surface area contributed by atoms with Crippen molar-refractivity contribution in [2.24, 2.45) is 0 Å². The lowest BCUT2D eigenvalue weighted by Crippen LogP contribution is -2.51. The zero-order valence-electron chi connectivity index (χ0n) is 13.7. The highest BCUT2D eigenvalue weighted by atomic mass is 19.1. The SMILES string of the molecule is O[C@@H]1[C@@H](NCCc2cccc(F)c2)CCC[C@H]1Oc1ccccc1. The predicted octanol–water partition coefficient (Wildman–Crippen LogP) is 3.32. The van der Waals surface area contributed by atoms with Crippen molar-refractivity contribution in [3.05, 3.63) is 66.0 Å². The van der Waals surface area contributed by atoms with Crippen LogP contribution in [0.2, 0.25) is 0 Å². The Hall–Kier alpha value is -1.91. The van der Waals surface area contributed by atoms with Gasteiger partial charge in [-0.05, 0) is 62.1 Å². The molecule has 0 unspecified atom stereocenters. The second-order valence-corrected chi connectivity index (χ2v) is 6.33. The van der Waals surface area contributed by atoms with Crippen molar-refractivity contribution in [1.82, 2.24) is 5.32 Å². The maximum absolute atomic E-state index is 13.2. The molecule has 0 aromatic heterocycles. The topological polar surface area (TPSA) is 41.5 Å². The van der Waals surface area contributed by atoms with Crippen LogP contribution in [-0.4, -0.2) is 29.9 Å². The third kappa shape index (κ3) is 4.56. The van der Waals surface area contributed by atoms with Crippen LogP contribution in [0.4, 0.5) is 4.39 Å². The van der Waals surface area contributed by atoms with Crippen LogP contribution in [0.15, 0.2) is 54.6 Å². The summed E-state index contributed by atoms with van der Waals surface area (Å²) in [5, 5.41) is 14.0. The highest BCUT2D eigenvalue weighted by Gasteiger charge is 2.32. The van der Waals surface area contributed by atoms with Gasteiger partial charge in [0, 0.05) is 6.04 Å². The minimum absolute atomic E-state index is 0.0148. The second kappa shape index (κ2) is 8.27. The fourth-order valence-corrected chi connectivity index (χ4v) is 3.26. The molecule has 24 heavy (non-hydrogen) atoms. The van der Waals surface area contributed by atoms with E-state index in [1.807, 2.05) is 36.4 Å². The zero-order valence-corrected chi connectivity index (χ0v) is 13.7. The molecule has 3 nitrogen and oxygen atoms in total. The number of halogens is 1. The van der Waals surface area contributed by atoms with E-state index in [1.54, 1.807) is 12.1 Å². The number of hydrogen-bond donors (Lipinski definition) is 2. The number of ether oxygens (including phenoxy) is 1. The number of para-hydroxylation sites is 1. The van der Waals surface area contributed by atoms with E-state index in [0.717, 1.165) is 37.0 Å². The lowest BCUT2D eigenvalue weighted by molar-refractivity contribution is -0.0151. The van der Waals surface area contributed by atoms with Crippen molar-refractivity contribution >= 4 is 0 Å². The number of rotatable bonds is 6. The third-order valence-electron chi connectivity index (χ3n) is 4.54.